The standard InChI is InChI=1S/C12H14F3NO/c13-12(14,15)11(6-16)9-1-2-10-7-17-4-3-8(10)5-9/h1-2,5,11H,3-4,6-7,16H2. The molecule has 0 aliphatic carbocycles. The SMILES string of the molecule is NCC(c1ccc2c(c1)CCOC2)C(F)(F)F. The first-order chi connectivity index (χ1) is 8.02. The van der Waals surface area contributed by atoms with Crippen molar-refractivity contribution in [2.75, 3.05) is 13.2 Å². The molecule has 2 nitrogen and oxygen atoms in total. The van der Waals surface area contributed by atoms with Crippen LogP contribution >= 0.6 is 0 Å². The number of halogens is 3. The first-order valence-corrected chi connectivity index (χ1v) is 5.48. The summed E-state index contributed by atoms with van der Waals surface area (Å²) in [6, 6.07) is 4.82. The Hall–Kier alpha value is -1.07. The van der Waals surface area contributed by atoms with Crippen molar-refractivity contribution in [3.05, 3.63) is 34.9 Å². The molecule has 2 N–H and O–H groups in total. The Morgan fingerprint density at radius 2 is 2.06 bits per heavy atom. The van der Waals surface area contributed by atoms with Gasteiger partial charge in [0, 0.05) is 6.54 Å². The average molecular weight is 245 g/mol. The molecule has 17 heavy (non-hydrogen) atoms. The Balaban J connectivity index is 2.32. The van der Waals surface area contributed by atoms with E-state index in [4.69, 9.17) is 10.5 Å². The molecular formula is C12H14F3NO. The molecule has 0 fully saturated rings. The molecule has 5 heteroatoms. The van der Waals surface area contributed by atoms with Crippen LogP contribution in [-0.4, -0.2) is 19.3 Å². The summed E-state index contributed by atoms with van der Waals surface area (Å²) < 4.78 is 43.4. The first-order valence-electron chi connectivity index (χ1n) is 5.48. The number of benzene rings is 1. The molecule has 0 spiro atoms. The van der Waals surface area contributed by atoms with Crippen LogP contribution in [0.15, 0.2) is 18.2 Å². The van der Waals surface area contributed by atoms with E-state index in [1.54, 1.807) is 12.1 Å². The average Bonchev–Trinajstić information content (AvgIpc) is 2.28. The van der Waals surface area contributed by atoms with Gasteiger partial charge in [0.1, 0.15) is 0 Å². The summed E-state index contributed by atoms with van der Waals surface area (Å²) in [6.07, 6.45) is -3.62. The van der Waals surface area contributed by atoms with Crippen molar-refractivity contribution in [1.29, 1.82) is 0 Å². The molecule has 94 valence electrons. The lowest BCUT2D eigenvalue weighted by Gasteiger charge is -2.22. The fourth-order valence-electron chi connectivity index (χ4n) is 2.06. The number of ether oxygens (including phenoxy) is 1. The Morgan fingerprint density at radius 1 is 1.29 bits per heavy atom. The lowest BCUT2D eigenvalue weighted by molar-refractivity contribution is -0.148. The zero-order chi connectivity index (χ0) is 12.5. The van der Waals surface area contributed by atoms with E-state index in [1.807, 2.05) is 0 Å². The third-order valence-electron chi connectivity index (χ3n) is 3.04. The Morgan fingerprint density at radius 3 is 2.71 bits per heavy atom. The molecular weight excluding hydrogens is 231 g/mol. The number of hydrogen-bond donors (Lipinski definition) is 1. The molecule has 0 bridgehead atoms. The molecule has 0 radical (unpaired) electrons. The van der Waals surface area contributed by atoms with Crippen LogP contribution in [0.4, 0.5) is 13.2 Å². The highest BCUT2D eigenvalue weighted by molar-refractivity contribution is 5.35. The minimum Gasteiger partial charge on any atom is -0.376 e. The summed E-state index contributed by atoms with van der Waals surface area (Å²) >= 11 is 0. The molecule has 0 saturated carbocycles. The molecule has 1 heterocycles. The molecule has 1 aromatic rings. The van der Waals surface area contributed by atoms with Crippen LogP contribution in [0.2, 0.25) is 0 Å². The minimum atomic E-state index is -4.28. The van der Waals surface area contributed by atoms with Gasteiger partial charge in [-0.25, -0.2) is 0 Å². The summed E-state index contributed by atoms with van der Waals surface area (Å²) in [6.45, 7) is 0.628. The van der Waals surface area contributed by atoms with Crippen LogP contribution in [0.1, 0.15) is 22.6 Å². The second-order valence-corrected chi connectivity index (χ2v) is 4.16. The van der Waals surface area contributed by atoms with Crippen LogP contribution in [-0.2, 0) is 17.8 Å². The minimum absolute atomic E-state index is 0.251. The zero-order valence-corrected chi connectivity index (χ0v) is 9.26. The van der Waals surface area contributed by atoms with E-state index < -0.39 is 18.6 Å². The van der Waals surface area contributed by atoms with E-state index in [0.29, 0.717) is 19.6 Å². The molecule has 0 aromatic heterocycles. The van der Waals surface area contributed by atoms with Crippen LogP contribution in [0.25, 0.3) is 0 Å². The molecule has 1 aliphatic rings. The number of alkyl halides is 3. The normalized spacial score (nSPS) is 17.6. The number of hydrogen-bond acceptors (Lipinski definition) is 2. The van der Waals surface area contributed by atoms with E-state index in [2.05, 4.69) is 0 Å². The van der Waals surface area contributed by atoms with Gasteiger partial charge in [0.15, 0.2) is 0 Å². The fraction of sp³-hybridized carbons (Fsp3) is 0.500. The van der Waals surface area contributed by atoms with Gasteiger partial charge >= 0.3 is 6.18 Å². The largest absolute Gasteiger partial charge is 0.396 e. The van der Waals surface area contributed by atoms with E-state index >= 15 is 0 Å². The van der Waals surface area contributed by atoms with Gasteiger partial charge in [-0.15, -0.1) is 0 Å². The second kappa shape index (κ2) is 4.66. The van der Waals surface area contributed by atoms with Crippen molar-refractivity contribution >= 4 is 0 Å². The van der Waals surface area contributed by atoms with Crippen LogP contribution < -0.4 is 5.73 Å². The Kier molecular flexibility index (Phi) is 3.40. The lowest BCUT2D eigenvalue weighted by atomic mass is 9.93. The van der Waals surface area contributed by atoms with E-state index in [-0.39, 0.29) is 5.56 Å². The predicted octanol–water partition coefficient (Wildman–Crippen LogP) is 2.36. The van der Waals surface area contributed by atoms with Crippen molar-refractivity contribution in [2.24, 2.45) is 5.73 Å². The van der Waals surface area contributed by atoms with Crippen LogP contribution in [0.5, 0.6) is 0 Å². The highest BCUT2D eigenvalue weighted by Crippen LogP contribution is 2.35. The quantitative estimate of drug-likeness (QED) is 0.868. The van der Waals surface area contributed by atoms with Crippen molar-refractivity contribution in [3.8, 4) is 0 Å². The summed E-state index contributed by atoms with van der Waals surface area (Å²) in [5.74, 6) is -1.57. The van der Waals surface area contributed by atoms with E-state index in [1.165, 1.54) is 6.07 Å². The highest BCUT2D eigenvalue weighted by Gasteiger charge is 2.39. The molecule has 1 unspecified atom stereocenters. The third-order valence-corrected chi connectivity index (χ3v) is 3.04. The maximum absolute atomic E-state index is 12.7. The van der Waals surface area contributed by atoms with Crippen molar-refractivity contribution in [1.82, 2.24) is 0 Å². The molecule has 0 amide bonds. The third kappa shape index (κ3) is 2.61. The molecule has 0 saturated heterocycles. The monoisotopic (exact) mass is 245 g/mol. The molecule has 1 atom stereocenters. The Bertz CT molecular complexity index is 403. The van der Waals surface area contributed by atoms with Gasteiger partial charge in [-0.05, 0) is 23.1 Å². The van der Waals surface area contributed by atoms with Crippen molar-refractivity contribution in [3.63, 3.8) is 0 Å². The van der Waals surface area contributed by atoms with Gasteiger partial charge in [0.25, 0.3) is 0 Å². The van der Waals surface area contributed by atoms with E-state index in [0.717, 1.165) is 11.1 Å². The molecule has 1 aliphatic heterocycles. The van der Waals surface area contributed by atoms with Gasteiger partial charge in [0.2, 0.25) is 0 Å². The fourth-order valence-corrected chi connectivity index (χ4v) is 2.06. The van der Waals surface area contributed by atoms with Gasteiger partial charge in [0.05, 0.1) is 19.1 Å². The molecule has 2 rings (SSSR count). The molecule has 1 aromatic carbocycles. The smallest absolute Gasteiger partial charge is 0.376 e. The summed E-state index contributed by atoms with van der Waals surface area (Å²) in [7, 11) is 0. The topological polar surface area (TPSA) is 35.2 Å². The van der Waals surface area contributed by atoms with Crippen molar-refractivity contribution in [2.45, 2.75) is 25.1 Å². The van der Waals surface area contributed by atoms with E-state index in [9.17, 15) is 13.2 Å². The van der Waals surface area contributed by atoms with Crippen molar-refractivity contribution < 1.29 is 17.9 Å². The highest BCUT2D eigenvalue weighted by atomic mass is 19.4. The maximum atomic E-state index is 12.7. The van der Waals surface area contributed by atoms with Gasteiger partial charge in [-0.1, -0.05) is 18.2 Å². The van der Waals surface area contributed by atoms with Gasteiger partial charge in [-0.3, -0.25) is 0 Å². The maximum Gasteiger partial charge on any atom is 0.396 e. The van der Waals surface area contributed by atoms with Gasteiger partial charge in [-0.2, -0.15) is 13.2 Å². The van der Waals surface area contributed by atoms with Crippen LogP contribution in [0.3, 0.4) is 0 Å². The first kappa shape index (κ1) is 12.4. The zero-order valence-electron chi connectivity index (χ0n) is 9.26. The summed E-state index contributed by atoms with van der Waals surface area (Å²) in [5, 5.41) is 0. The number of fused-ring (bicyclic) bond motifs is 1. The predicted molar refractivity (Wildman–Crippen MR) is 57.7 cm³/mol. The lowest BCUT2D eigenvalue weighted by Crippen LogP contribution is -2.28. The number of nitrogens with two attached hydrogens (primary N) is 1. The Labute approximate surface area is 97.6 Å². The second-order valence-electron chi connectivity index (χ2n) is 4.16. The van der Waals surface area contributed by atoms with Gasteiger partial charge < -0.3 is 10.5 Å². The summed E-state index contributed by atoms with van der Waals surface area (Å²) in [4.78, 5) is 0. The summed E-state index contributed by atoms with van der Waals surface area (Å²) in [5.41, 5.74) is 7.38. The van der Waals surface area contributed by atoms with Crippen LogP contribution in [0, 0.1) is 0 Å². The number of rotatable bonds is 2.